The second-order valence-corrected chi connectivity index (χ2v) is 6.78. The third kappa shape index (κ3) is 3.42. The largest absolute Gasteiger partial charge is 0.308 e. The van der Waals surface area contributed by atoms with Crippen LogP contribution in [-0.2, 0) is 6.42 Å². The van der Waals surface area contributed by atoms with Crippen molar-refractivity contribution in [2.75, 3.05) is 19.6 Å². The third-order valence-corrected chi connectivity index (χ3v) is 5.25. The van der Waals surface area contributed by atoms with Crippen LogP contribution in [0.1, 0.15) is 46.1 Å². The number of benzene rings is 1. The second-order valence-electron chi connectivity index (χ2n) is 6.78. The molecule has 1 aliphatic rings. The van der Waals surface area contributed by atoms with E-state index in [2.05, 4.69) is 68.2 Å². The highest BCUT2D eigenvalue weighted by atomic mass is 15.3. The van der Waals surface area contributed by atoms with Crippen molar-refractivity contribution in [3.8, 4) is 0 Å². The Morgan fingerprint density at radius 3 is 2.40 bits per heavy atom. The molecule has 0 amide bonds. The van der Waals surface area contributed by atoms with E-state index in [0.29, 0.717) is 5.54 Å². The van der Waals surface area contributed by atoms with Gasteiger partial charge in [0.05, 0.1) is 0 Å². The number of hydrogen-bond acceptors (Lipinski definition) is 2. The average Bonchev–Trinajstić information content (AvgIpc) is 2.49. The lowest BCUT2D eigenvalue weighted by molar-refractivity contribution is 0.0180. The lowest BCUT2D eigenvalue weighted by Gasteiger charge is -2.52. The SMILES string of the molecule is CCC1(C)CN(CCc2ccccc2)C(C)(CC)CN1. The van der Waals surface area contributed by atoms with Crippen LogP contribution in [0.4, 0.5) is 0 Å². The Labute approximate surface area is 124 Å². The zero-order valence-electron chi connectivity index (χ0n) is 13.6. The molecule has 2 rings (SSSR count). The van der Waals surface area contributed by atoms with Crippen LogP contribution in [0, 0.1) is 0 Å². The number of piperazine rings is 1. The monoisotopic (exact) mass is 274 g/mol. The molecule has 0 aromatic heterocycles. The van der Waals surface area contributed by atoms with E-state index in [1.165, 1.54) is 18.4 Å². The summed E-state index contributed by atoms with van der Waals surface area (Å²) in [6.07, 6.45) is 3.54. The fourth-order valence-electron chi connectivity index (χ4n) is 3.03. The Balaban J connectivity index is 2.04. The van der Waals surface area contributed by atoms with E-state index in [9.17, 15) is 0 Å². The van der Waals surface area contributed by atoms with Crippen molar-refractivity contribution in [1.29, 1.82) is 0 Å². The maximum atomic E-state index is 3.77. The Hall–Kier alpha value is -0.860. The predicted octanol–water partition coefficient (Wildman–Crippen LogP) is 3.47. The summed E-state index contributed by atoms with van der Waals surface area (Å²) < 4.78 is 0. The molecule has 1 saturated heterocycles. The highest BCUT2D eigenvalue weighted by molar-refractivity contribution is 5.15. The average molecular weight is 274 g/mol. The summed E-state index contributed by atoms with van der Waals surface area (Å²) >= 11 is 0. The van der Waals surface area contributed by atoms with Crippen LogP contribution in [0.2, 0.25) is 0 Å². The van der Waals surface area contributed by atoms with Gasteiger partial charge < -0.3 is 5.32 Å². The van der Waals surface area contributed by atoms with Gasteiger partial charge in [0, 0.05) is 30.7 Å². The minimum Gasteiger partial charge on any atom is -0.308 e. The minimum absolute atomic E-state index is 0.269. The second kappa shape index (κ2) is 6.28. The number of nitrogens with one attached hydrogen (secondary N) is 1. The van der Waals surface area contributed by atoms with Crippen LogP contribution in [-0.4, -0.2) is 35.6 Å². The van der Waals surface area contributed by atoms with E-state index < -0.39 is 0 Å². The highest BCUT2D eigenvalue weighted by Crippen LogP contribution is 2.28. The van der Waals surface area contributed by atoms with E-state index in [1.807, 2.05) is 0 Å². The molecular weight excluding hydrogens is 244 g/mol. The van der Waals surface area contributed by atoms with Crippen LogP contribution in [0.5, 0.6) is 0 Å². The van der Waals surface area contributed by atoms with Gasteiger partial charge in [0.2, 0.25) is 0 Å². The number of hydrogen-bond donors (Lipinski definition) is 1. The van der Waals surface area contributed by atoms with E-state index in [-0.39, 0.29) is 5.54 Å². The molecule has 2 atom stereocenters. The van der Waals surface area contributed by atoms with E-state index in [1.54, 1.807) is 0 Å². The molecule has 1 aromatic carbocycles. The van der Waals surface area contributed by atoms with Crippen LogP contribution in [0.25, 0.3) is 0 Å². The Morgan fingerprint density at radius 2 is 1.80 bits per heavy atom. The smallest absolute Gasteiger partial charge is 0.0304 e. The zero-order valence-corrected chi connectivity index (χ0v) is 13.6. The molecule has 1 fully saturated rings. The molecule has 2 nitrogen and oxygen atoms in total. The highest BCUT2D eigenvalue weighted by Gasteiger charge is 2.40. The summed E-state index contributed by atoms with van der Waals surface area (Å²) in [7, 11) is 0. The van der Waals surface area contributed by atoms with E-state index in [4.69, 9.17) is 0 Å². The first-order valence-corrected chi connectivity index (χ1v) is 8.05. The van der Waals surface area contributed by atoms with Crippen LogP contribution >= 0.6 is 0 Å². The first-order valence-electron chi connectivity index (χ1n) is 8.05. The molecule has 1 aliphatic heterocycles. The lowest BCUT2D eigenvalue weighted by Crippen LogP contribution is -2.68. The lowest BCUT2D eigenvalue weighted by atomic mass is 9.85. The predicted molar refractivity (Wildman–Crippen MR) is 87.1 cm³/mol. The third-order valence-electron chi connectivity index (χ3n) is 5.25. The van der Waals surface area contributed by atoms with Crippen molar-refractivity contribution in [3.63, 3.8) is 0 Å². The Kier molecular flexibility index (Phi) is 4.87. The van der Waals surface area contributed by atoms with Gasteiger partial charge in [-0.15, -0.1) is 0 Å². The molecule has 1 N–H and O–H groups in total. The van der Waals surface area contributed by atoms with Gasteiger partial charge in [0.15, 0.2) is 0 Å². The molecule has 0 saturated carbocycles. The van der Waals surface area contributed by atoms with Gasteiger partial charge in [-0.2, -0.15) is 0 Å². The Morgan fingerprint density at radius 1 is 1.10 bits per heavy atom. The fraction of sp³-hybridized carbons (Fsp3) is 0.667. The topological polar surface area (TPSA) is 15.3 Å². The number of rotatable bonds is 5. The Bertz CT molecular complexity index is 417. The first kappa shape index (κ1) is 15.5. The minimum atomic E-state index is 0.269. The number of nitrogens with zero attached hydrogens (tertiary/aromatic N) is 1. The van der Waals surface area contributed by atoms with Crippen LogP contribution < -0.4 is 5.32 Å². The molecule has 0 bridgehead atoms. The van der Waals surface area contributed by atoms with E-state index in [0.717, 1.165) is 26.1 Å². The molecular formula is C18H30N2. The van der Waals surface area contributed by atoms with Gasteiger partial charge >= 0.3 is 0 Å². The summed E-state index contributed by atoms with van der Waals surface area (Å²) in [6.45, 7) is 12.8. The molecule has 2 unspecified atom stereocenters. The zero-order chi connectivity index (χ0) is 14.6. The van der Waals surface area contributed by atoms with Crippen LogP contribution in [0.3, 0.4) is 0 Å². The summed E-state index contributed by atoms with van der Waals surface area (Å²) in [5.41, 5.74) is 2.01. The molecule has 112 valence electrons. The summed E-state index contributed by atoms with van der Waals surface area (Å²) in [5.74, 6) is 0. The van der Waals surface area contributed by atoms with Gasteiger partial charge in [-0.1, -0.05) is 44.2 Å². The first-order chi connectivity index (χ1) is 9.51. The summed E-state index contributed by atoms with van der Waals surface area (Å²) in [5, 5.41) is 3.77. The quantitative estimate of drug-likeness (QED) is 0.884. The maximum Gasteiger partial charge on any atom is 0.0304 e. The summed E-state index contributed by atoms with van der Waals surface area (Å²) in [4.78, 5) is 2.71. The van der Waals surface area contributed by atoms with Crippen molar-refractivity contribution in [2.45, 2.75) is 58.0 Å². The molecule has 20 heavy (non-hydrogen) atoms. The van der Waals surface area contributed by atoms with Gasteiger partial charge in [-0.3, -0.25) is 4.90 Å². The van der Waals surface area contributed by atoms with Gasteiger partial charge in [0.25, 0.3) is 0 Å². The van der Waals surface area contributed by atoms with Crippen molar-refractivity contribution >= 4 is 0 Å². The van der Waals surface area contributed by atoms with Crippen molar-refractivity contribution < 1.29 is 0 Å². The maximum absolute atomic E-state index is 3.77. The van der Waals surface area contributed by atoms with Crippen LogP contribution in [0.15, 0.2) is 30.3 Å². The fourth-order valence-corrected chi connectivity index (χ4v) is 3.03. The molecule has 2 heteroatoms. The summed E-state index contributed by atoms with van der Waals surface area (Å²) in [6, 6.07) is 10.9. The van der Waals surface area contributed by atoms with Crippen molar-refractivity contribution in [1.82, 2.24) is 10.2 Å². The standard InChI is InChI=1S/C18H30N2/c1-5-17(3)15-20(18(4,6-2)14-19-17)13-12-16-10-8-7-9-11-16/h7-11,19H,5-6,12-15H2,1-4H3. The molecule has 0 aliphatic carbocycles. The molecule has 1 heterocycles. The molecule has 0 radical (unpaired) electrons. The van der Waals surface area contributed by atoms with Crippen molar-refractivity contribution in [3.05, 3.63) is 35.9 Å². The van der Waals surface area contributed by atoms with Gasteiger partial charge in [0.1, 0.15) is 0 Å². The van der Waals surface area contributed by atoms with E-state index >= 15 is 0 Å². The van der Waals surface area contributed by atoms with Crippen molar-refractivity contribution in [2.24, 2.45) is 0 Å². The van der Waals surface area contributed by atoms with Gasteiger partial charge in [-0.25, -0.2) is 0 Å². The van der Waals surface area contributed by atoms with Gasteiger partial charge in [-0.05, 0) is 38.7 Å². The molecule has 0 spiro atoms. The molecule has 1 aromatic rings. The normalized spacial score (nSPS) is 31.4.